The van der Waals surface area contributed by atoms with Crippen LogP contribution in [0.4, 0.5) is 0 Å². The van der Waals surface area contributed by atoms with Crippen LogP contribution in [0.3, 0.4) is 0 Å². The second-order valence-electron chi connectivity index (χ2n) is 4.77. The van der Waals surface area contributed by atoms with Gasteiger partial charge in [0.25, 0.3) is 0 Å². The smallest absolute Gasteiger partial charge is 0 e. The van der Waals surface area contributed by atoms with E-state index in [9.17, 15) is 4.79 Å². The van der Waals surface area contributed by atoms with Gasteiger partial charge in [0.2, 0.25) is 5.90 Å². The van der Waals surface area contributed by atoms with E-state index in [-0.39, 0.29) is 28.7 Å². The Balaban J connectivity index is -0.000000955. The number of rotatable bonds is 5. The van der Waals surface area contributed by atoms with Crippen LogP contribution in [0.2, 0.25) is 0 Å². The van der Waals surface area contributed by atoms with Crippen molar-refractivity contribution in [3.8, 4) is 11.5 Å². The number of allylic oxidation sites excluding steroid dienone is 4. The number of methoxy groups -OCH3 is 2. The van der Waals surface area contributed by atoms with Crippen LogP contribution in [0, 0.1) is 20.0 Å². The molecule has 0 N–H and O–H groups in total. The van der Waals surface area contributed by atoms with Gasteiger partial charge in [0.1, 0.15) is 0 Å². The van der Waals surface area contributed by atoms with Crippen LogP contribution in [0.5, 0.6) is 11.5 Å². The second kappa shape index (κ2) is 19.2. The monoisotopic (exact) mass is 453 g/mol. The van der Waals surface area contributed by atoms with Crippen molar-refractivity contribution in [3.63, 3.8) is 0 Å². The molecular weight excluding hydrogens is 434 g/mol. The van der Waals surface area contributed by atoms with Crippen LogP contribution in [0.25, 0.3) is 5.57 Å². The SMILES string of the molecule is C/C=C/C=C/C1=NC(=C(/C)c2ccc(OC)c(OC)c2)/C(=O)O1.[C-]#[O+].[C-]#[O+].[C-]#[O+].[Fe]. The topological polar surface area (TPSA) is 117 Å². The summed E-state index contributed by atoms with van der Waals surface area (Å²) in [5.74, 6) is 1.04. The summed E-state index contributed by atoms with van der Waals surface area (Å²) in [6, 6.07) is 5.44. The Morgan fingerprint density at radius 1 is 1.03 bits per heavy atom. The van der Waals surface area contributed by atoms with Crippen molar-refractivity contribution in [1.29, 1.82) is 0 Å². The molecule has 0 radical (unpaired) electrons. The van der Waals surface area contributed by atoms with Gasteiger partial charge in [-0.2, -0.15) is 0 Å². The zero-order valence-corrected chi connectivity index (χ0v) is 17.8. The maximum atomic E-state index is 12.0. The van der Waals surface area contributed by atoms with Gasteiger partial charge in [-0.25, -0.2) is 9.79 Å². The first-order chi connectivity index (χ1) is 14.1. The minimum Gasteiger partial charge on any atom is 0 e. The molecule has 0 unspecified atom stereocenters. The van der Waals surface area contributed by atoms with Gasteiger partial charge in [0.15, 0.2) is 17.2 Å². The van der Waals surface area contributed by atoms with E-state index in [1.165, 1.54) is 0 Å². The van der Waals surface area contributed by atoms with Crippen LogP contribution in [0.15, 0.2) is 53.2 Å². The van der Waals surface area contributed by atoms with Crippen LogP contribution < -0.4 is 9.47 Å². The number of carbonyl (C=O) groups is 1. The number of ether oxygens (including phenoxy) is 3. The Morgan fingerprint density at radius 3 is 2.10 bits per heavy atom. The molecule has 30 heavy (non-hydrogen) atoms. The van der Waals surface area contributed by atoms with E-state index >= 15 is 0 Å². The zero-order chi connectivity index (χ0) is 22.8. The third kappa shape index (κ3) is 9.41. The Bertz CT molecular complexity index is 848. The predicted molar refractivity (Wildman–Crippen MR) is 101 cm³/mol. The average Bonchev–Trinajstić information content (AvgIpc) is 3.17. The molecule has 1 aliphatic rings. The van der Waals surface area contributed by atoms with E-state index in [1.807, 2.05) is 32.1 Å². The number of hydrogen-bond acceptors (Lipinski definition) is 5. The van der Waals surface area contributed by atoms with Crippen LogP contribution in [0.1, 0.15) is 19.4 Å². The molecule has 1 aliphatic heterocycles. The fraction of sp³-hybridized carbons (Fsp3) is 0.190. The van der Waals surface area contributed by atoms with Gasteiger partial charge < -0.3 is 14.2 Å². The fourth-order valence-electron chi connectivity index (χ4n) is 2.09. The first-order valence-corrected chi connectivity index (χ1v) is 7.75. The van der Waals surface area contributed by atoms with E-state index in [2.05, 4.69) is 24.9 Å². The van der Waals surface area contributed by atoms with Crippen molar-refractivity contribution in [2.45, 2.75) is 13.8 Å². The quantitative estimate of drug-likeness (QED) is 0.170. The normalized spacial score (nSPS) is 13.0. The Morgan fingerprint density at radius 2 is 1.60 bits per heavy atom. The van der Waals surface area contributed by atoms with Crippen molar-refractivity contribution in [2.24, 2.45) is 4.99 Å². The zero-order valence-electron chi connectivity index (χ0n) is 16.7. The molecule has 1 heterocycles. The van der Waals surface area contributed by atoms with Crippen LogP contribution >= 0.6 is 0 Å². The summed E-state index contributed by atoms with van der Waals surface area (Å²) in [6.45, 7) is 17.2. The van der Waals surface area contributed by atoms with Crippen molar-refractivity contribution < 1.29 is 50.0 Å². The van der Waals surface area contributed by atoms with E-state index in [0.29, 0.717) is 17.1 Å². The van der Waals surface area contributed by atoms with Gasteiger partial charge in [-0.05, 0) is 37.1 Å². The summed E-state index contributed by atoms with van der Waals surface area (Å²) in [5, 5.41) is 0. The van der Waals surface area contributed by atoms with Crippen LogP contribution in [-0.4, -0.2) is 26.1 Å². The van der Waals surface area contributed by atoms with E-state index in [0.717, 1.165) is 5.56 Å². The largest absolute Gasteiger partial charge is 0 e. The molecule has 0 atom stereocenters. The number of benzene rings is 1. The number of nitrogens with zero attached hydrogens (tertiary/aromatic N) is 1. The third-order valence-electron chi connectivity index (χ3n) is 3.33. The molecule has 0 saturated carbocycles. The molecule has 2 rings (SSSR count). The number of hydrogen-bond donors (Lipinski definition) is 0. The summed E-state index contributed by atoms with van der Waals surface area (Å²) in [4.78, 5) is 16.3. The number of cyclic esters (lactones) is 1. The average molecular weight is 453 g/mol. The summed E-state index contributed by atoms with van der Waals surface area (Å²) < 4.78 is 38.1. The van der Waals surface area contributed by atoms with E-state index < -0.39 is 5.97 Å². The van der Waals surface area contributed by atoms with Gasteiger partial charge in [-0.1, -0.05) is 24.3 Å². The summed E-state index contributed by atoms with van der Waals surface area (Å²) in [7, 11) is 3.14. The Kier molecular flexibility index (Phi) is 20.3. The van der Waals surface area contributed by atoms with Gasteiger partial charge >= 0.3 is 39.9 Å². The van der Waals surface area contributed by atoms with E-state index in [1.54, 1.807) is 38.5 Å². The van der Waals surface area contributed by atoms with E-state index in [4.69, 9.17) is 28.2 Å². The number of esters is 1. The maximum Gasteiger partial charge on any atom is 0 e. The molecule has 9 heteroatoms. The standard InChI is InChI=1S/C18H19NO4.3CO.Fe/c1-5-6-7-8-16-19-17(18(20)23-16)12(2)13-9-10-14(21-3)15(11-13)22-4;3*1-2;/h5-11H,1-4H3;;;;/b6-5+,8-7+,17-12-;;;;. The third-order valence-corrected chi connectivity index (χ3v) is 3.33. The second-order valence-corrected chi connectivity index (χ2v) is 4.77. The first kappa shape index (κ1) is 31.6. The molecule has 0 aromatic heterocycles. The Hall–Kier alpha value is -3.08. The summed E-state index contributed by atoms with van der Waals surface area (Å²) in [6.07, 6.45) is 7.12. The molecule has 1 aromatic carbocycles. The van der Waals surface area contributed by atoms with Crippen molar-refractivity contribution in [1.82, 2.24) is 0 Å². The molecule has 8 nitrogen and oxygen atoms in total. The molecule has 1 aromatic rings. The summed E-state index contributed by atoms with van der Waals surface area (Å²) in [5.41, 5.74) is 1.82. The number of aliphatic imine (C=N–C) groups is 1. The molecule has 0 saturated heterocycles. The van der Waals surface area contributed by atoms with Crippen LogP contribution in [-0.2, 0) is 40.6 Å². The van der Waals surface area contributed by atoms with Crippen molar-refractivity contribution >= 4 is 17.4 Å². The van der Waals surface area contributed by atoms with Gasteiger partial charge in [0.05, 0.1) is 14.2 Å². The maximum absolute atomic E-state index is 12.0. The minimum absolute atomic E-state index is 0. The predicted octanol–water partition coefficient (Wildman–Crippen LogP) is 3.41. The molecule has 158 valence electrons. The van der Waals surface area contributed by atoms with Gasteiger partial charge in [-0.15, -0.1) is 0 Å². The molecule has 0 fully saturated rings. The molecule has 0 bridgehead atoms. The van der Waals surface area contributed by atoms with Gasteiger partial charge in [0, 0.05) is 23.1 Å². The van der Waals surface area contributed by atoms with Crippen molar-refractivity contribution in [2.75, 3.05) is 14.2 Å². The first-order valence-electron chi connectivity index (χ1n) is 7.75. The number of carbonyl (C=O) groups excluding carboxylic acids is 1. The summed E-state index contributed by atoms with van der Waals surface area (Å²) >= 11 is 0. The van der Waals surface area contributed by atoms with Crippen molar-refractivity contribution in [3.05, 3.63) is 73.7 Å². The van der Waals surface area contributed by atoms with Gasteiger partial charge in [-0.3, -0.25) is 0 Å². The molecule has 0 amide bonds. The fourth-order valence-corrected chi connectivity index (χ4v) is 2.09. The minimum atomic E-state index is -0.461. The molecular formula is C21H19FeNO7. The Labute approximate surface area is 185 Å². The molecule has 0 aliphatic carbocycles. The molecule has 0 spiro atoms.